The van der Waals surface area contributed by atoms with Gasteiger partial charge in [-0.3, -0.25) is 4.79 Å². The first kappa shape index (κ1) is 17.7. The Hall–Kier alpha value is -1.65. The maximum Gasteiger partial charge on any atom is 0.417 e. The Labute approximate surface area is 138 Å². The number of aromatic nitrogens is 1. The standard InChI is InChI=1S/C12H8ClF3N2O3S2/c13-9-2-1-7(5-8(9)12(14,15)16)18-10(19)6-23(20,21)11-17-3-4-22-11/h1-5H,6H2,(H,18,19). The number of benzene rings is 1. The number of nitrogens with zero attached hydrogens (tertiary/aromatic N) is 1. The molecular weight excluding hydrogens is 377 g/mol. The molecule has 2 aromatic rings. The van der Waals surface area contributed by atoms with Gasteiger partial charge in [0.15, 0.2) is 0 Å². The Morgan fingerprint density at radius 1 is 1.35 bits per heavy atom. The summed E-state index contributed by atoms with van der Waals surface area (Å²) in [5.74, 6) is -1.90. The van der Waals surface area contributed by atoms with E-state index < -0.39 is 38.3 Å². The molecule has 0 bridgehead atoms. The summed E-state index contributed by atoms with van der Waals surface area (Å²) in [7, 11) is -3.94. The van der Waals surface area contributed by atoms with Gasteiger partial charge in [-0.25, -0.2) is 13.4 Å². The number of amides is 1. The van der Waals surface area contributed by atoms with Crippen LogP contribution < -0.4 is 5.32 Å². The van der Waals surface area contributed by atoms with Crippen molar-refractivity contribution in [1.82, 2.24) is 4.98 Å². The molecule has 11 heteroatoms. The second kappa shape index (κ2) is 6.46. The predicted octanol–water partition coefficient (Wildman–Crippen LogP) is 3.23. The number of rotatable bonds is 4. The lowest BCUT2D eigenvalue weighted by Gasteiger charge is -2.11. The van der Waals surface area contributed by atoms with Gasteiger partial charge in [-0.2, -0.15) is 13.2 Å². The van der Waals surface area contributed by atoms with Crippen molar-refractivity contribution >= 4 is 44.4 Å². The number of anilines is 1. The van der Waals surface area contributed by atoms with Crippen molar-refractivity contribution in [2.24, 2.45) is 0 Å². The van der Waals surface area contributed by atoms with Gasteiger partial charge in [0.1, 0.15) is 5.75 Å². The van der Waals surface area contributed by atoms with Crippen LogP contribution in [-0.4, -0.2) is 25.1 Å². The van der Waals surface area contributed by atoms with Crippen LogP contribution in [0.1, 0.15) is 5.56 Å². The number of hydrogen-bond acceptors (Lipinski definition) is 5. The van der Waals surface area contributed by atoms with E-state index in [1.807, 2.05) is 0 Å². The molecule has 0 unspecified atom stereocenters. The Kier molecular flexibility index (Phi) is 4.97. The lowest BCUT2D eigenvalue weighted by atomic mass is 10.2. The molecule has 0 spiro atoms. The maximum absolute atomic E-state index is 12.7. The fourth-order valence-corrected chi connectivity index (χ4v) is 3.89. The smallest absolute Gasteiger partial charge is 0.325 e. The summed E-state index contributed by atoms with van der Waals surface area (Å²) in [5, 5.41) is 3.01. The van der Waals surface area contributed by atoms with Crippen LogP contribution in [-0.2, 0) is 20.8 Å². The van der Waals surface area contributed by atoms with Crippen LogP contribution in [0.25, 0.3) is 0 Å². The van der Waals surface area contributed by atoms with Gasteiger partial charge in [-0.05, 0) is 18.2 Å². The molecule has 1 amide bonds. The summed E-state index contributed by atoms with van der Waals surface area (Å²) in [6.45, 7) is 0. The zero-order chi connectivity index (χ0) is 17.3. The molecule has 1 N–H and O–H groups in total. The van der Waals surface area contributed by atoms with E-state index in [4.69, 9.17) is 11.6 Å². The van der Waals surface area contributed by atoms with Gasteiger partial charge in [0.25, 0.3) is 0 Å². The third-order valence-electron chi connectivity index (χ3n) is 2.55. The van der Waals surface area contributed by atoms with Crippen LogP contribution in [0, 0.1) is 0 Å². The number of halogens is 4. The molecule has 1 aromatic heterocycles. The van der Waals surface area contributed by atoms with E-state index in [0.29, 0.717) is 6.07 Å². The van der Waals surface area contributed by atoms with E-state index in [9.17, 15) is 26.4 Å². The van der Waals surface area contributed by atoms with Crippen molar-refractivity contribution in [3.05, 3.63) is 40.4 Å². The zero-order valence-electron chi connectivity index (χ0n) is 11.1. The minimum absolute atomic E-state index is 0.207. The number of thiazole rings is 1. The lowest BCUT2D eigenvalue weighted by molar-refractivity contribution is -0.137. The molecule has 1 heterocycles. The molecule has 0 radical (unpaired) electrons. The van der Waals surface area contributed by atoms with Crippen molar-refractivity contribution in [3.63, 3.8) is 0 Å². The molecule has 0 saturated heterocycles. The zero-order valence-corrected chi connectivity index (χ0v) is 13.5. The number of carbonyl (C=O) groups excluding carboxylic acids is 1. The summed E-state index contributed by atoms with van der Waals surface area (Å²) in [5.41, 5.74) is -1.33. The van der Waals surface area contributed by atoms with E-state index in [1.165, 1.54) is 11.6 Å². The number of nitrogens with one attached hydrogen (secondary N) is 1. The normalized spacial score (nSPS) is 12.2. The Balaban J connectivity index is 2.15. The molecule has 23 heavy (non-hydrogen) atoms. The molecule has 0 fully saturated rings. The SMILES string of the molecule is O=C(CS(=O)(=O)c1nccs1)Nc1ccc(Cl)c(C(F)(F)F)c1. The highest BCUT2D eigenvalue weighted by Crippen LogP contribution is 2.36. The van der Waals surface area contributed by atoms with E-state index in [-0.39, 0.29) is 10.0 Å². The highest BCUT2D eigenvalue weighted by atomic mass is 35.5. The number of alkyl halides is 3. The van der Waals surface area contributed by atoms with E-state index in [1.54, 1.807) is 0 Å². The molecule has 0 atom stereocenters. The predicted molar refractivity (Wildman–Crippen MR) is 79.3 cm³/mol. The Morgan fingerprint density at radius 2 is 2.04 bits per heavy atom. The van der Waals surface area contributed by atoms with Gasteiger partial charge in [0.05, 0.1) is 10.6 Å². The van der Waals surface area contributed by atoms with Gasteiger partial charge < -0.3 is 5.32 Å². The first-order valence-corrected chi connectivity index (χ1v) is 8.79. The Morgan fingerprint density at radius 3 is 2.61 bits per heavy atom. The third kappa shape index (κ3) is 4.43. The van der Waals surface area contributed by atoms with Gasteiger partial charge >= 0.3 is 6.18 Å². The van der Waals surface area contributed by atoms with Crippen molar-refractivity contribution in [3.8, 4) is 0 Å². The van der Waals surface area contributed by atoms with E-state index in [0.717, 1.165) is 23.5 Å². The van der Waals surface area contributed by atoms with Crippen LogP contribution >= 0.6 is 22.9 Å². The summed E-state index contributed by atoms with van der Waals surface area (Å²) in [6.07, 6.45) is -3.42. The molecule has 0 aliphatic heterocycles. The van der Waals surface area contributed by atoms with Crippen molar-refractivity contribution in [2.75, 3.05) is 11.1 Å². The monoisotopic (exact) mass is 384 g/mol. The topological polar surface area (TPSA) is 76.1 Å². The van der Waals surface area contributed by atoms with Crippen molar-refractivity contribution in [1.29, 1.82) is 0 Å². The van der Waals surface area contributed by atoms with Gasteiger partial charge in [-0.15, -0.1) is 11.3 Å². The van der Waals surface area contributed by atoms with Gasteiger partial charge in [-0.1, -0.05) is 11.6 Å². The average Bonchev–Trinajstić information content (AvgIpc) is 2.93. The van der Waals surface area contributed by atoms with Crippen molar-refractivity contribution in [2.45, 2.75) is 10.5 Å². The number of sulfone groups is 1. The van der Waals surface area contributed by atoms with Gasteiger partial charge in [0.2, 0.25) is 20.1 Å². The number of hydrogen-bond donors (Lipinski definition) is 1. The number of carbonyl (C=O) groups is 1. The minimum Gasteiger partial charge on any atom is -0.325 e. The van der Waals surface area contributed by atoms with Crippen LogP contribution in [0.3, 0.4) is 0 Å². The highest BCUT2D eigenvalue weighted by Gasteiger charge is 2.33. The van der Waals surface area contributed by atoms with Crippen LogP contribution in [0.4, 0.5) is 18.9 Å². The average molecular weight is 385 g/mol. The second-order valence-electron chi connectivity index (χ2n) is 4.30. The summed E-state index contributed by atoms with van der Waals surface area (Å²) in [6, 6.07) is 2.75. The van der Waals surface area contributed by atoms with Gasteiger partial charge in [0, 0.05) is 17.3 Å². The largest absolute Gasteiger partial charge is 0.417 e. The quantitative estimate of drug-likeness (QED) is 0.878. The van der Waals surface area contributed by atoms with Crippen LogP contribution in [0.5, 0.6) is 0 Å². The molecule has 0 saturated carbocycles. The minimum atomic E-state index is -4.69. The first-order chi connectivity index (χ1) is 10.6. The third-order valence-corrected chi connectivity index (χ3v) is 5.78. The van der Waals surface area contributed by atoms with Crippen molar-refractivity contribution < 1.29 is 26.4 Å². The molecule has 1 aromatic carbocycles. The lowest BCUT2D eigenvalue weighted by Crippen LogP contribution is -2.23. The summed E-state index contributed by atoms with van der Waals surface area (Å²) < 4.78 is 61.7. The molecule has 2 rings (SSSR count). The fraction of sp³-hybridized carbons (Fsp3) is 0.167. The molecule has 124 valence electrons. The highest BCUT2D eigenvalue weighted by molar-refractivity contribution is 7.94. The molecular formula is C12H8ClF3N2O3S2. The summed E-state index contributed by atoms with van der Waals surface area (Å²) in [4.78, 5) is 15.3. The Bertz CT molecular complexity index is 821. The maximum atomic E-state index is 12.7. The fourth-order valence-electron chi connectivity index (χ4n) is 1.62. The summed E-state index contributed by atoms with van der Waals surface area (Å²) >= 11 is 6.30. The first-order valence-electron chi connectivity index (χ1n) is 5.88. The van der Waals surface area contributed by atoms with E-state index in [2.05, 4.69) is 10.3 Å². The second-order valence-corrected chi connectivity index (χ2v) is 7.76. The molecule has 5 nitrogen and oxygen atoms in total. The molecule has 0 aliphatic carbocycles. The van der Waals surface area contributed by atoms with Crippen LogP contribution in [0.2, 0.25) is 5.02 Å². The van der Waals surface area contributed by atoms with E-state index >= 15 is 0 Å². The molecule has 0 aliphatic rings. The van der Waals surface area contributed by atoms with Crippen LogP contribution in [0.15, 0.2) is 34.1 Å².